The van der Waals surface area contributed by atoms with Crippen molar-refractivity contribution < 1.29 is 4.79 Å². The molecule has 2 aromatic carbocycles. The second-order valence-corrected chi connectivity index (χ2v) is 8.00. The van der Waals surface area contributed by atoms with Gasteiger partial charge in [-0.15, -0.1) is 0 Å². The number of likely N-dealkylation sites (tertiary alicyclic amines) is 1. The van der Waals surface area contributed by atoms with Crippen LogP contribution in [0, 0.1) is 5.92 Å². The smallest absolute Gasteiger partial charge is 0.228 e. The molecular weight excluding hydrogens is 332 g/mol. The SMILES string of the molecule is O=C(CCN1CCC(Cc2ccccc2)CC1)N1CCCc2ccccc21. The number of piperidine rings is 1. The fourth-order valence-corrected chi connectivity index (χ4v) is 4.54. The Kier molecular flexibility index (Phi) is 5.88. The molecule has 0 spiro atoms. The summed E-state index contributed by atoms with van der Waals surface area (Å²) in [5.74, 6) is 1.07. The van der Waals surface area contributed by atoms with Crippen LogP contribution in [0.3, 0.4) is 0 Å². The van der Waals surface area contributed by atoms with Gasteiger partial charge in [-0.05, 0) is 68.3 Å². The number of benzene rings is 2. The predicted molar refractivity (Wildman–Crippen MR) is 111 cm³/mol. The molecule has 0 bridgehead atoms. The minimum Gasteiger partial charge on any atom is -0.312 e. The first-order chi connectivity index (χ1) is 13.3. The van der Waals surface area contributed by atoms with Gasteiger partial charge in [0.05, 0.1) is 0 Å². The summed E-state index contributed by atoms with van der Waals surface area (Å²) >= 11 is 0. The van der Waals surface area contributed by atoms with Gasteiger partial charge in [0.25, 0.3) is 0 Å². The Bertz CT molecular complexity index is 750. The summed E-state index contributed by atoms with van der Waals surface area (Å²) in [7, 11) is 0. The zero-order chi connectivity index (χ0) is 18.5. The molecule has 27 heavy (non-hydrogen) atoms. The number of nitrogens with zero attached hydrogens (tertiary/aromatic N) is 2. The van der Waals surface area contributed by atoms with Gasteiger partial charge in [0, 0.05) is 25.2 Å². The van der Waals surface area contributed by atoms with Crippen molar-refractivity contribution in [2.24, 2.45) is 5.92 Å². The Hall–Kier alpha value is -2.13. The first-order valence-electron chi connectivity index (χ1n) is 10.4. The summed E-state index contributed by atoms with van der Waals surface area (Å²) in [5, 5.41) is 0. The second kappa shape index (κ2) is 8.71. The van der Waals surface area contributed by atoms with E-state index in [4.69, 9.17) is 0 Å². The van der Waals surface area contributed by atoms with Gasteiger partial charge in [-0.2, -0.15) is 0 Å². The molecule has 2 aromatic rings. The molecule has 0 saturated carbocycles. The predicted octanol–water partition coefficient (Wildman–Crippen LogP) is 4.31. The lowest BCUT2D eigenvalue weighted by Gasteiger charge is -2.33. The normalized spacial score (nSPS) is 18.3. The highest BCUT2D eigenvalue weighted by Gasteiger charge is 2.24. The number of anilines is 1. The number of hydrogen-bond donors (Lipinski definition) is 0. The van der Waals surface area contributed by atoms with E-state index in [2.05, 4.69) is 53.4 Å². The fourth-order valence-electron chi connectivity index (χ4n) is 4.54. The second-order valence-electron chi connectivity index (χ2n) is 8.00. The quantitative estimate of drug-likeness (QED) is 0.791. The lowest BCUT2D eigenvalue weighted by molar-refractivity contribution is -0.119. The van der Waals surface area contributed by atoms with Crippen LogP contribution in [0.25, 0.3) is 0 Å². The highest BCUT2D eigenvalue weighted by atomic mass is 16.2. The molecule has 1 amide bonds. The Morgan fingerprint density at radius 3 is 2.48 bits per heavy atom. The molecule has 2 aliphatic rings. The average Bonchev–Trinajstić information content (AvgIpc) is 2.73. The van der Waals surface area contributed by atoms with Gasteiger partial charge in [0.1, 0.15) is 0 Å². The maximum Gasteiger partial charge on any atom is 0.228 e. The van der Waals surface area contributed by atoms with E-state index in [9.17, 15) is 4.79 Å². The molecule has 0 atom stereocenters. The number of carbonyl (C=O) groups is 1. The van der Waals surface area contributed by atoms with E-state index >= 15 is 0 Å². The van der Waals surface area contributed by atoms with Gasteiger partial charge in [-0.1, -0.05) is 48.5 Å². The highest BCUT2D eigenvalue weighted by molar-refractivity contribution is 5.94. The average molecular weight is 363 g/mol. The first kappa shape index (κ1) is 18.2. The van der Waals surface area contributed by atoms with Crippen molar-refractivity contribution in [1.29, 1.82) is 0 Å². The van der Waals surface area contributed by atoms with E-state index in [1.807, 2.05) is 11.0 Å². The zero-order valence-corrected chi connectivity index (χ0v) is 16.1. The molecular formula is C24H30N2O. The third-order valence-electron chi connectivity index (χ3n) is 6.13. The van der Waals surface area contributed by atoms with Crippen molar-refractivity contribution in [2.75, 3.05) is 31.1 Å². The fraction of sp³-hybridized carbons (Fsp3) is 0.458. The van der Waals surface area contributed by atoms with Crippen molar-refractivity contribution in [2.45, 2.75) is 38.5 Å². The van der Waals surface area contributed by atoms with Gasteiger partial charge in [-0.3, -0.25) is 4.79 Å². The van der Waals surface area contributed by atoms with Gasteiger partial charge < -0.3 is 9.80 Å². The van der Waals surface area contributed by atoms with Crippen LogP contribution in [0.15, 0.2) is 54.6 Å². The number of aryl methyl sites for hydroxylation is 1. The van der Waals surface area contributed by atoms with Crippen LogP contribution in [0.4, 0.5) is 5.69 Å². The first-order valence-corrected chi connectivity index (χ1v) is 10.4. The molecule has 0 unspecified atom stereocenters. The third-order valence-corrected chi connectivity index (χ3v) is 6.13. The van der Waals surface area contributed by atoms with Crippen molar-refractivity contribution in [3.63, 3.8) is 0 Å². The largest absolute Gasteiger partial charge is 0.312 e. The molecule has 3 nitrogen and oxygen atoms in total. The maximum atomic E-state index is 12.8. The maximum absolute atomic E-state index is 12.8. The highest BCUT2D eigenvalue weighted by Crippen LogP contribution is 2.27. The van der Waals surface area contributed by atoms with Crippen molar-refractivity contribution >= 4 is 11.6 Å². The molecule has 2 heterocycles. The Morgan fingerprint density at radius 2 is 1.67 bits per heavy atom. The number of amides is 1. The number of rotatable bonds is 5. The minimum atomic E-state index is 0.286. The van der Waals surface area contributed by atoms with E-state index in [1.165, 1.54) is 30.4 Å². The summed E-state index contributed by atoms with van der Waals surface area (Å²) in [5.41, 5.74) is 3.91. The monoisotopic (exact) mass is 362 g/mol. The Morgan fingerprint density at radius 1 is 0.926 bits per heavy atom. The van der Waals surface area contributed by atoms with Crippen LogP contribution in [-0.4, -0.2) is 37.0 Å². The summed E-state index contributed by atoms with van der Waals surface area (Å²) in [6.07, 6.45) is 6.49. The van der Waals surface area contributed by atoms with Gasteiger partial charge in [0.15, 0.2) is 0 Å². The number of hydrogen-bond acceptors (Lipinski definition) is 2. The van der Waals surface area contributed by atoms with Crippen LogP contribution in [-0.2, 0) is 17.6 Å². The van der Waals surface area contributed by atoms with Crippen LogP contribution >= 0.6 is 0 Å². The summed E-state index contributed by atoms with van der Waals surface area (Å²) in [4.78, 5) is 17.3. The summed E-state index contributed by atoms with van der Waals surface area (Å²) < 4.78 is 0. The number of fused-ring (bicyclic) bond motifs is 1. The molecule has 3 heteroatoms. The molecule has 0 aliphatic carbocycles. The molecule has 142 valence electrons. The summed E-state index contributed by atoms with van der Waals surface area (Å²) in [6.45, 7) is 4.02. The van der Waals surface area contributed by atoms with Crippen LogP contribution in [0.5, 0.6) is 0 Å². The van der Waals surface area contributed by atoms with Crippen molar-refractivity contribution in [3.8, 4) is 0 Å². The van der Waals surface area contributed by atoms with E-state index in [0.29, 0.717) is 6.42 Å². The zero-order valence-electron chi connectivity index (χ0n) is 16.1. The van der Waals surface area contributed by atoms with E-state index < -0.39 is 0 Å². The molecule has 1 saturated heterocycles. The lowest BCUT2D eigenvalue weighted by Crippen LogP contribution is -2.40. The van der Waals surface area contributed by atoms with Crippen LogP contribution in [0.1, 0.15) is 36.8 Å². The van der Waals surface area contributed by atoms with Crippen molar-refractivity contribution in [1.82, 2.24) is 4.90 Å². The lowest BCUT2D eigenvalue weighted by atomic mass is 9.90. The number of para-hydroxylation sites is 1. The Labute approximate surface area is 163 Å². The van der Waals surface area contributed by atoms with Crippen LogP contribution < -0.4 is 4.90 Å². The van der Waals surface area contributed by atoms with Gasteiger partial charge >= 0.3 is 0 Å². The summed E-state index contributed by atoms with van der Waals surface area (Å²) in [6, 6.07) is 19.2. The Balaban J connectivity index is 1.24. The molecule has 0 N–H and O–H groups in total. The van der Waals surface area contributed by atoms with Gasteiger partial charge in [-0.25, -0.2) is 0 Å². The molecule has 0 radical (unpaired) electrons. The minimum absolute atomic E-state index is 0.286. The topological polar surface area (TPSA) is 23.6 Å². The number of carbonyl (C=O) groups excluding carboxylic acids is 1. The molecule has 0 aromatic heterocycles. The molecule has 4 rings (SSSR count). The van der Waals surface area contributed by atoms with E-state index in [1.54, 1.807) is 0 Å². The van der Waals surface area contributed by atoms with Crippen LogP contribution in [0.2, 0.25) is 0 Å². The van der Waals surface area contributed by atoms with Crippen molar-refractivity contribution in [3.05, 3.63) is 65.7 Å². The molecule has 2 aliphatic heterocycles. The van der Waals surface area contributed by atoms with Gasteiger partial charge in [0.2, 0.25) is 5.91 Å². The van der Waals surface area contributed by atoms with E-state index in [0.717, 1.165) is 50.6 Å². The third kappa shape index (κ3) is 4.59. The molecule has 1 fully saturated rings. The van der Waals surface area contributed by atoms with E-state index in [-0.39, 0.29) is 5.91 Å². The standard InChI is InChI=1S/C24H30N2O/c27-24(26-15-6-10-22-9-4-5-11-23(22)26)14-18-25-16-12-21(13-17-25)19-20-7-2-1-3-8-20/h1-5,7-9,11,21H,6,10,12-19H2.